The van der Waals surface area contributed by atoms with E-state index < -0.39 is 10.0 Å². The quantitative estimate of drug-likeness (QED) is 0.853. The second-order valence-electron chi connectivity index (χ2n) is 4.54. The zero-order valence-corrected chi connectivity index (χ0v) is 11.9. The number of rotatable bonds is 4. The molecule has 2 rings (SSSR count). The van der Waals surface area contributed by atoms with Crippen LogP contribution in [0.2, 0.25) is 0 Å². The Kier molecular flexibility index (Phi) is 4.05. The number of nitrogens with zero attached hydrogens (tertiary/aromatic N) is 2. The summed E-state index contributed by atoms with van der Waals surface area (Å²) in [6, 6.07) is 5.07. The lowest BCUT2D eigenvalue weighted by Crippen LogP contribution is -2.28. The van der Waals surface area contributed by atoms with Gasteiger partial charge in [0.1, 0.15) is 15.2 Å². The molecule has 6 heteroatoms. The Balaban J connectivity index is 2.15. The smallest absolute Gasteiger partial charge is 0.206 e. The van der Waals surface area contributed by atoms with E-state index in [2.05, 4.69) is 6.92 Å². The second-order valence-corrected chi connectivity index (χ2v) is 7.79. The third kappa shape index (κ3) is 2.58. The van der Waals surface area contributed by atoms with E-state index in [9.17, 15) is 8.42 Å². The first-order valence-corrected chi connectivity index (χ1v) is 8.33. The highest BCUT2D eigenvalue weighted by Crippen LogP contribution is 2.30. The molecule has 0 aliphatic carbocycles. The fraction of sp³-hybridized carbons (Fsp3) is 0.583. The molecule has 1 unspecified atom stereocenters. The number of thiophene rings is 1. The molecule has 0 radical (unpaired) electrons. The van der Waals surface area contributed by atoms with Gasteiger partial charge in [-0.1, -0.05) is 13.3 Å². The van der Waals surface area contributed by atoms with Gasteiger partial charge in [0, 0.05) is 13.1 Å². The maximum absolute atomic E-state index is 12.3. The normalized spacial score (nSPS) is 21.0. The first kappa shape index (κ1) is 13.5. The summed E-state index contributed by atoms with van der Waals surface area (Å²) < 4.78 is 26.5. The highest BCUT2D eigenvalue weighted by molar-refractivity contribution is 7.91. The van der Waals surface area contributed by atoms with Crippen LogP contribution in [0.1, 0.15) is 31.1 Å². The van der Waals surface area contributed by atoms with Crippen molar-refractivity contribution in [3.8, 4) is 6.07 Å². The van der Waals surface area contributed by atoms with Gasteiger partial charge in [-0.3, -0.25) is 0 Å². The topological polar surface area (TPSA) is 61.2 Å². The largest absolute Gasteiger partial charge is 0.252 e. The minimum absolute atomic E-state index is 0.288. The molecule has 1 aromatic heterocycles. The molecule has 0 N–H and O–H groups in total. The lowest BCUT2D eigenvalue weighted by molar-refractivity contribution is 0.446. The standard InChI is InChI=1S/C12H16N2O2S2/c1-2-3-10-6-7-14(9-10)18(15,16)12-5-4-11(8-13)17-12/h4-5,10H,2-3,6-7,9H2,1H3. The zero-order valence-electron chi connectivity index (χ0n) is 10.3. The number of hydrogen-bond acceptors (Lipinski definition) is 4. The van der Waals surface area contributed by atoms with Crippen LogP contribution < -0.4 is 0 Å². The number of nitriles is 1. The summed E-state index contributed by atoms with van der Waals surface area (Å²) in [6.07, 6.45) is 3.12. The van der Waals surface area contributed by atoms with E-state index >= 15 is 0 Å². The minimum atomic E-state index is -3.38. The molecule has 1 fully saturated rings. The lowest BCUT2D eigenvalue weighted by Gasteiger charge is -2.15. The summed E-state index contributed by atoms with van der Waals surface area (Å²) in [7, 11) is -3.38. The molecule has 0 spiro atoms. The Morgan fingerprint density at radius 2 is 2.33 bits per heavy atom. The van der Waals surface area contributed by atoms with E-state index in [-0.39, 0.29) is 4.21 Å². The van der Waals surface area contributed by atoms with Crippen LogP contribution in [0.15, 0.2) is 16.3 Å². The van der Waals surface area contributed by atoms with Gasteiger partial charge in [0.2, 0.25) is 0 Å². The maximum Gasteiger partial charge on any atom is 0.252 e. The van der Waals surface area contributed by atoms with Crippen molar-refractivity contribution in [2.24, 2.45) is 5.92 Å². The molecule has 0 amide bonds. The van der Waals surface area contributed by atoms with Gasteiger partial charge in [0.25, 0.3) is 10.0 Å². The van der Waals surface area contributed by atoms with Gasteiger partial charge in [0.05, 0.1) is 0 Å². The number of hydrogen-bond donors (Lipinski definition) is 0. The number of sulfonamides is 1. The Labute approximate surface area is 112 Å². The lowest BCUT2D eigenvalue weighted by atomic mass is 10.0. The summed E-state index contributed by atoms with van der Waals surface area (Å²) in [4.78, 5) is 0.442. The molecule has 0 aromatic carbocycles. The highest BCUT2D eigenvalue weighted by Gasteiger charge is 2.32. The van der Waals surface area contributed by atoms with Crippen LogP contribution in [-0.4, -0.2) is 25.8 Å². The van der Waals surface area contributed by atoms with Gasteiger partial charge in [-0.05, 0) is 30.9 Å². The Hall–Kier alpha value is -0.900. The van der Waals surface area contributed by atoms with Crippen molar-refractivity contribution in [1.29, 1.82) is 5.26 Å². The average Bonchev–Trinajstić information content (AvgIpc) is 2.98. The third-order valence-corrected chi connectivity index (χ3v) is 6.55. The third-order valence-electron chi connectivity index (χ3n) is 3.23. The molecule has 0 bridgehead atoms. The maximum atomic E-state index is 12.3. The van der Waals surface area contributed by atoms with Gasteiger partial charge in [-0.2, -0.15) is 9.57 Å². The van der Waals surface area contributed by atoms with Gasteiger partial charge in [-0.25, -0.2) is 8.42 Å². The molecule has 1 aliphatic rings. The van der Waals surface area contributed by atoms with Crippen molar-refractivity contribution < 1.29 is 8.42 Å². The molecule has 1 aliphatic heterocycles. The van der Waals surface area contributed by atoms with E-state index in [4.69, 9.17) is 5.26 Å². The molecule has 1 saturated heterocycles. The molecule has 1 aromatic rings. The van der Waals surface area contributed by atoms with Crippen molar-refractivity contribution in [1.82, 2.24) is 4.31 Å². The molecule has 98 valence electrons. The van der Waals surface area contributed by atoms with Crippen LogP contribution in [0.5, 0.6) is 0 Å². The monoisotopic (exact) mass is 284 g/mol. The van der Waals surface area contributed by atoms with Crippen LogP contribution >= 0.6 is 11.3 Å². The zero-order chi connectivity index (χ0) is 13.2. The first-order valence-electron chi connectivity index (χ1n) is 6.08. The van der Waals surface area contributed by atoms with Gasteiger partial charge in [-0.15, -0.1) is 11.3 Å². The van der Waals surface area contributed by atoms with Crippen molar-refractivity contribution in [3.05, 3.63) is 17.0 Å². The van der Waals surface area contributed by atoms with Gasteiger partial charge in [0.15, 0.2) is 0 Å². The van der Waals surface area contributed by atoms with Gasteiger partial charge >= 0.3 is 0 Å². The summed E-state index contributed by atoms with van der Waals surface area (Å²) >= 11 is 1.05. The van der Waals surface area contributed by atoms with Crippen LogP contribution in [-0.2, 0) is 10.0 Å². The molecule has 0 saturated carbocycles. The van der Waals surface area contributed by atoms with Crippen molar-refractivity contribution in [3.63, 3.8) is 0 Å². The van der Waals surface area contributed by atoms with E-state index in [0.717, 1.165) is 30.6 Å². The van der Waals surface area contributed by atoms with E-state index in [0.29, 0.717) is 23.9 Å². The molecule has 1 atom stereocenters. The SMILES string of the molecule is CCCC1CCN(S(=O)(=O)c2ccc(C#N)s2)C1. The van der Waals surface area contributed by atoms with Crippen LogP contribution in [0.3, 0.4) is 0 Å². The fourth-order valence-corrected chi connectivity index (χ4v) is 5.09. The van der Waals surface area contributed by atoms with Crippen LogP contribution in [0.25, 0.3) is 0 Å². The minimum Gasteiger partial charge on any atom is -0.206 e. The predicted molar refractivity (Wildman–Crippen MR) is 70.8 cm³/mol. The molecule has 4 nitrogen and oxygen atoms in total. The molecule has 18 heavy (non-hydrogen) atoms. The van der Waals surface area contributed by atoms with Gasteiger partial charge < -0.3 is 0 Å². The summed E-state index contributed by atoms with van der Waals surface area (Å²) in [5.74, 6) is 0.486. The molecule has 2 heterocycles. The molecular formula is C12H16N2O2S2. The Morgan fingerprint density at radius 3 is 2.94 bits per heavy atom. The predicted octanol–water partition coefficient (Wildman–Crippen LogP) is 2.43. The summed E-state index contributed by atoms with van der Waals surface area (Å²) in [5, 5.41) is 8.75. The van der Waals surface area contributed by atoms with Crippen molar-refractivity contribution in [2.75, 3.05) is 13.1 Å². The van der Waals surface area contributed by atoms with Crippen molar-refractivity contribution >= 4 is 21.4 Å². The summed E-state index contributed by atoms with van der Waals surface area (Å²) in [6.45, 7) is 3.35. The highest BCUT2D eigenvalue weighted by atomic mass is 32.2. The second kappa shape index (κ2) is 5.39. The van der Waals surface area contributed by atoms with Crippen LogP contribution in [0, 0.1) is 17.2 Å². The first-order chi connectivity index (χ1) is 8.57. The van der Waals surface area contributed by atoms with E-state index in [1.165, 1.54) is 6.07 Å². The Morgan fingerprint density at radius 1 is 1.56 bits per heavy atom. The van der Waals surface area contributed by atoms with E-state index in [1.807, 2.05) is 6.07 Å². The summed E-state index contributed by atoms with van der Waals surface area (Å²) in [5.41, 5.74) is 0. The Bertz CT molecular complexity index is 557. The van der Waals surface area contributed by atoms with E-state index in [1.54, 1.807) is 10.4 Å². The van der Waals surface area contributed by atoms with Crippen molar-refractivity contribution in [2.45, 2.75) is 30.4 Å². The fourth-order valence-electron chi connectivity index (χ4n) is 2.31. The van der Waals surface area contributed by atoms with Crippen LogP contribution in [0.4, 0.5) is 0 Å². The average molecular weight is 284 g/mol. The molecular weight excluding hydrogens is 268 g/mol.